The average molecular weight is 357 g/mol. The van der Waals surface area contributed by atoms with Gasteiger partial charge in [-0.2, -0.15) is 0 Å². The number of thiophene rings is 1. The second-order valence-electron chi connectivity index (χ2n) is 8.44. The van der Waals surface area contributed by atoms with E-state index in [-0.39, 0.29) is 0 Å². The summed E-state index contributed by atoms with van der Waals surface area (Å²) < 4.78 is 0. The topological polar surface area (TPSA) is 32.3 Å². The molecule has 0 amide bonds. The predicted octanol–water partition coefficient (Wildman–Crippen LogP) is 4.28. The van der Waals surface area contributed by atoms with E-state index >= 15 is 0 Å². The molecule has 2 aliphatic heterocycles. The molecule has 5 heteroatoms. The molecule has 0 aromatic carbocycles. The summed E-state index contributed by atoms with van der Waals surface area (Å²) in [5, 5.41) is 1.32. The van der Waals surface area contributed by atoms with Gasteiger partial charge in [-0.25, -0.2) is 9.97 Å². The average Bonchev–Trinajstić information content (AvgIpc) is 3.02. The van der Waals surface area contributed by atoms with Crippen LogP contribution in [0, 0.1) is 19.3 Å². The molecule has 3 aliphatic rings. The smallest absolute Gasteiger partial charge is 0.146 e. The van der Waals surface area contributed by atoms with E-state index in [4.69, 9.17) is 9.97 Å². The number of piperidine rings is 1. The number of aromatic nitrogens is 2. The van der Waals surface area contributed by atoms with Gasteiger partial charge in [-0.3, -0.25) is 4.90 Å². The highest BCUT2D eigenvalue weighted by Gasteiger charge is 2.46. The molecule has 0 radical (unpaired) electrons. The largest absolute Gasteiger partial charge is 0.355 e. The lowest BCUT2D eigenvalue weighted by Gasteiger charge is -2.34. The third-order valence-corrected chi connectivity index (χ3v) is 7.64. The SMILES string of the molecule is Cc1sc2nc(CN3CCCC3)nc(N3CCCC4(CC4)C3)c2c1C. The quantitative estimate of drug-likeness (QED) is 0.821. The number of rotatable bonds is 3. The third-order valence-electron chi connectivity index (χ3n) is 6.54. The van der Waals surface area contributed by atoms with Gasteiger partial charge in [-0.1, -0.05) is 0 Å². The minimum absolute atomic E-state index is 0.615. The molecular weight excluding hydrogens is 328 g/mol. The number of anilines is 1. The Morgan fingerprint density at radius 2 is 1.80 bits per heavy atom. The van der Waals surface area contributed by atoms with Crippen molar-refractivity contribution in [3.63, 3.8) is 0 Å². The van der Waals surface area contributed by atoms with Gasteiger partial charge in [0.25, 0.3) is 0 Å². The van der Waals surface area contributed by atoms with Crippen molar-refractivity contribution in [3.05, 3.63) is 16.3 Å². The van der Waals surface area contributed by atoms with Crippen molar-refractivity contribution >= 4 is 27.4 Å². The van der Waals surface area contributed by atoms with E-state index in [1.54, 1.807) is 0 Å². The summed E-state index contributed by atoms with van der Waals surface area (Å²) in [5.41, 5.74) is 2.00. The number of fused-ring (bicyclic) bond motifs is 1. The van der Waals surface area contributed by atoms with E-state index in [0.717, 1.165) is 18.9 Å². The van der Waals surface area contributed by atoms with Crippen LogP contribution in [0.15, 0.2) is 0 Å². The van der Waals surface area contributed by atoms with Crippen LogP contribution in [0.2, 0.25) is 0 Å². The van der Waals surface area contributed by atoms with Crippen LogP contribution in [0.5, 0.6) is 0 Å². The number of nitrogens with zero attached hydrogens (tertiary/aromatic N) is 4. The Kier molecular flexibility index (Phi) is 3.79. The van der Waals surface area contributed by atoms with Crippen LogP contribution < -0.4 is 4.90 Å². The Morgan fingerprint density at radius 3 is 2.56 bits per heavy atom. The van der Waals surface area contributed by atoms with Gasteiger partial charge in [0.2, 0.25) is 0 Å². The van der Waals surface area contributed by atoms with Gasteiger partial charge in [0.15, 0.2) is 0 Å². The molecule has 4 heterocycles. The molecular formula is C20H28N4S. The zero-order chi connectivity index (χ0) is 17.0. The molecule has 2 aromatic rings. The first-order valence-electron chi connectivity index (χ1n) is 9.88. The van der Waals surface area contributed by atoms with Crippen molar-refractivity contribution in [3.8, 4) is 0 Å². The molecule has 0 N–H and O–H groups in total. The van der Waals surface area contributed by atoms with Crippen molar-refractivity contribution in [1.29, 1.82) is 0 Å². The summed E-state index contributed by atoms with van der Waals surface area (Å²) in [5.74, 6) is 2.26. The van der Waals surface area contributed by atoms with Crippen LogP contribution in [-0.4, -0.2) is 41.0 Å². The molecule has 0 bridgehead atoms. The van der Waals surface area contributed by atoms with Crippen LogP contribution in [0.25, 0.3) is 10.2 Å². The monoisotopic (exact) mass is 356 g/mol. The van der Waals surface area contributed by atoms with Crippen molar-refractivity contribution in [2.45, 2.75) is 58.9 Å². The van der Waals surface area contributed by atoms with Gasteiger partial charge < -0.3 is 4.90 Å². The molecule has 4 nitrogen and oxygen atoms in total. The highest BCUT2D eigenvalue weighted by molar-refractivity contribution is 7.18. The Morgan fingerprint density at radius 1 is 1.00 bits per heavy atom. The fraction of sp³-hybridized carbons (Fsp3) is 0.700. The molecule has 1 aliphatic carbocycles. The number of aryl methyl sites for hydroxylation is 2. The van der Waals surface area contributed by atoms with Crippen LogP contribution in [0.1, 0.15) is 54.8 Å². The maximum atomic E-state index is 5.14. The molecule has 5 rings (SSSR count). The standard InChI is InChI=1S/C20H28N4S/c1-14-15(2)25-19-17(14)18(24-11-5-6-20(13-24)7-8-20)21-16(22-19)12-23-9-3-4-10-23/h3-13H2,1-2H3. The summed E-state index contributed by atoms with van der Waals surface area (Å²) in [6, 6.07) is 0. The highest BCUT2D eigenvalue weighted by atomic mass is 32.1. The van der Waals surface area contributed by atoms with E-state index in [9.17, 15) is 0 Å². The Bertz CT molecular complexity index is 802. The second-order valence-corrected chi connectivity index (χ2v) is 9.64. The number of hydrogen-bond donors (Lipinski definition) is 0. The van der Waals surface area contributed by atoms with Crippen LogP contribution in [-0.2, 0) is 6.54 Å². The molecule has 1 spiro atoms. The minimum Gasteiger partial charge on any atom is -0.355 e. The summed E-state index contributed by atoms with van der Waals surface area (Å²) in [7, 11) is 0. The molecule has 0 unspecified atom stereocenters. The van der Waals surface area contributed by atoms with Gasteiger partial charge in [0.1, 0.15) is 16.5 Å². The molecule has 3 fully saturated rings. The molecule has 2 aromatic heterocycles. The van der Waals surface area contributed by atoms with Crippen molar-refractivity contribution in [2.75, 3.05) is 31.1 Å². The van der Waals surface area contributed by atoms with E-state index in [0.29, 0.717) is 5.41 Å². The second kappa shape index (κ2) is 5.92. The van der Waals surface area contributed by atoms with Crippen LogP contribution >= 0.6 is 11.3 Å². The van der Waals surface area contributed by atoms with Crippen molar-refractivity contribution in [1.82, 2.24) is 14.9 Å². The Balaban J connectivity index is 1.56. The Labute approximate surface area is 154 Å². The van der Waals surface area contributed by atoms with Gasteiger partial charge in [0.05, 0.1) is 11.9 Å². The van der Waals surface area contributed by atoms with E-state index in [2.05, 4.69) is 23.6 Å². The first-order chi connectivity index (χ1) is 12.1. The minimum atomic E-state index is 0.615. The van der Waals surface area contributed by atoms with Gasteiger partial charge in [0, 0.05) is 18.0 Å². The fourth-order valence-corrected chi connectivity index (χ4v) is 5.73. The highest BCUT2D eigenvalue weighted by Crippen LogP contribution is 2.53. The normalized spacial score (nSPS) is 23.0. The van der Waals surface area contributed by atoms with E-state index < -0.39 is 0 Å². The molecule has 1 saturated carbocycles. The van der Waals surface area contributed by atoms with Gasteiger partial charge in [-0.15, -0.1) is 11.3 Å². The summed E-state index contributed by atoms with van der Waals surface area (Å²) >= 11 is 1.85. The summed E-state index contributed by atoms with van der Waals surface area (Å²) in [4.78, 5) is 17.8. The Hall–Kier alpha value is -1.20. The molecule has 2 saturated heterocycles. The predicted molar refractivity (Wildman–Crippen MR) is 105 cm³/mol. The lowest BCUT2D eigenvalue weighted by atomic mass is 9.95. The van der Waals surface area contributed by atoms with Gasteiger partial charge >= 0.3 is 0 Å². The third kappa shape index (κ3) is 2.85. The maximum absolute atomic E-state index is 5.14. The first kappa shape index (κ1) is 16.0. The fourth-order valence-electron chi connectivity index (χ4n) is 4.69. The van der Waals surface area contributed by atoms with E-state index in [1.165, 1.54) is 84.6 Å². The molecule has 0 atom stereocenters. The van der Waals surface area contributed by atoms with Crippen LogP contribution in [0.4, 0.5) is 5.82 Å². The van der Waals surface area contributed by atoms with Crippen LogP contribution in [0.3, 0.4) is 0 Å². The lowest BCUT2D eigenvalue weighted by Crippen LogP contribution is -2.37. The number of likely N-dealkylation sites (tertiary alicyclic amines) is 1. The summed E-state index contributed by atoms with van der Waals surface area (Å²) in [6.07, 6.45) is 8.21. The summed E-state index contributed by atoms with van der Waals surface area (Å²) in [6.45, 7) is 10.2. The van der Waals surface area contributed by atoms with Crippen molar-refractivity contribution in [2.24, 2.45) is 5.41 Å². The lowest BCUT2D eigenvalue weighted by molar-refractivity contribution is 0.322. The van der Waals surface area contributed by atoms with Crippen molar-refractivity contribution < 1.29 is 0 Å². The zero-order valence-electron chi connectivity index (χ0n) is 15.5. The van der Waals surface area contributed by atoms with E-state index in [1.807, 2.05) is 11.3 Å². The number of hydrogen-bond acceptors (Lipinski definition) is 5. The maximum Gasteiger partial charge on any atom is 0.146 e. The zero-order valence-corrected chi connectivity index (χ0v) is 16.3. The molecule has 25 heavy (non-hydrogen) atoms. The molecule has 134 valence electrons. The first-order valence-corrected chi connectivity index (χ1v) is 10.7. The van der Waals surface area contributed by atoms with Gasteiger partial charge in [-0.05, 0) is 76.4 Å².